The van der Waals surface area contributed by atoms with Crippen LogP contribution < -0.4 is 16.0 Å². The number of halogens is 2. The molecule has 0 radical (unpaired) electrons. The van der Waals surface area contributed by atoms with E-state index < -0.39 is 0 Å². The van der Waals surface area contributed by atoms with Gasteiger partial charge in [-0.3, -0.25) is 14.5 Å². The third kappa shape index (κ3) is 5.88. The topological polar surface area (TPSA) is 88.3 Å². The smallest absolute Gasteiger partial charge is 0.228 e. The minimum atomic E-state index is -0.342. The van der Waals surface area contributed by atoms with Crippen molar-refractivity contribution in [3.63, 3.8) is 0 Å². The number of anilines is 1. The van der Waals surface area contributed by atoms with Gasteiger partial charge in [0.2, 0.25) is 11.8 Å². The summed E-state index contributed by atoms with van der Waals surface area (Å²) in [6.07, 6.45) is 3.33. The van der Waals surface area contributed by atoms with Gasteiger partial charge in [-0.1, -0.05) is 13.8 Å². The SMILES string of the molecule is CCC(N)(CC)CNC(=O)Cc1csc(N2CCCC2=O)n1.Cl.Cl. The molecule has 1 saturated heterocycles. The molecule has 0 atom stereocenters. The monoisotopic (exact) mass is 396 g/mol. The van der Waals surface area contributed by atoms with Crippen LogP contribution in [0.2, 0.25) is 0 Å². The highest BCUT2D eigenvalue weighted by molar-refractivity contribution is 7.14. The first kappa shape index (κ1) is 23.1. The zero-order valence-corrected chi connectivity index (χ0v) is 16.5. The Morgan fingerprint density at radius 3 is 2.62 bits per heavy atom. The zero-order valence-electron chi connectivity index (χ0n) is 14.0. The first-order chi connectivity index (χ1) is 10.5. The average Bonchev–Trinajstić information content (AvgIpc) is 3.13. The van der Waals surface area contributed by atoms with E-state index in [1.54, 1.807) is 4.90 Å². The highest BCUT2D eigenvalue weighted by Gasteiger charge is 2.25. The molecule has 0 saturated carbocycles. The molecule has 0 aliphatic carbocycles. The Balaban J connectivity index is 0.00000264. The van der Waals surface area contributed by atoms with Gasteiger partial charge in [-0.15, -0.1) is 36.2 Å². The summed E-state index contributed by atoms with van der Waals surface area (Å²) in [4.78, 5) is 29.8. The second-order valence-electron chi connectivity index (χ2n) is 5.79. The van der Waals surface area contributed by atoms with Crippen LogP contribution in [0.5, 0.6) is 0 Å². The molecule has 0 aromatic carbocycles. The van der Waals surface area contributed by atoms with Crippen molar-refractivity contribution in [3.8, 4) is 0 Å². The number of hydrogen-bond acceptors (Lipinski definition) is 5. The van der Waals surface area contributed by atoms with Gasteiger partial charge in [0.05, 0.1) is 12.1 Å². The molecule has 0 unspecified atom stereocenters. The molecule has 2 amide bonds. The van der Waals surface area contributed by atoms with Gasteiger partial charge >= 0.3 is 0 Å². The minimum Gasteiger partial charge on any atom is -0.354 e. The van der Waals surface area contributed by atoms with Gasteiger partial charge in [-0.05, 0) is 19.3 Å². The summed E-state index contributed by atoms with van der Waals surface area (Å²) in [6, 6.07) is 0. The molecule has 1 aliphatic heterocycles. The van der Waals surface area contributed by atoms with Crippen molar-refractivity contribution in [1.29, 1.82) is 0 Å². The van der Waals surface area contributed by atoms with E-state index in [2.05, 4.69) is 10.3 Å². The summed E-state index contributed by atoms with van der Waals surface area (Å²) in [7, 11) is 0. The van der Waals surface area contributed by atoms with E-state index in [9.17, 15) is 9.59 Å². The fourth-order valence-corrected chi connectivity index (χ4v) is 3.22. The molecular formula is C15H26Cl2N4O2S. The summed E-state index contributed by atoms with van der Waals surface area (Å²) in [5, 5.41) is 5.42. The molecule has 0 spiro atoms. The Kier molecular flexibility index (Phi) is 9.80. The summed E-state index contributed by atoms with van der Waals surface area (Å²) < 4.78 is 0. The van der Waals surface area contributed by atoms with Crippen LogP contribution >= 0.6 is 36.2 Å². The summed E-state index contributed by atoms with van der Waals surface area (Å²) in [5.41, 5.74) is 6.53. The fraction of sp³-hybridized carbons (Fsp3) is 0.667. The summed E-state index contributed by atoms with van der Waals surface area (Å²) >= 11 is 1.41. The van der Waals surface area contributed by atoms with Gasteiger partial charge in [0.15, 0.2) is 5.13 Å². The Bertz CT molecular complexity index is 549. The van der Waals surface area contributed by atoms with Crippen LogP contribution in [0.15, 0.2) is 5.38 Å². The van der Waals surface area contributed by atoms with E-state index in [-0.39, 0.29) is 48.6 Å². The Morgan fingerprint density at radius 1 is 1.42 bits per heavy atom. The molecule has 24 heavy (non-hydrogen) atoms. The van der Waals surface area contributed by atoms with Crippen LogP contribution in [0.4, 0.5) is 5.13 Å². The van der Waals surface area contributed by atoms with Crippen LogP contribution in [0.1, 0.15) is 45.2 Å². The van der Waals surface area contributed by atoms with Crippen molar-refractivity contribution in [3.05, 3.63) is 11.1 Å². The number of aromatic nitrogens is 1. The molecule has 1 aliphatic rings. The molecule has 6 nitrogen and oxygen atoms in total. The third-order valence-corrected chi connectivity index (χ3v) is 5.14. The van der Waals surface area contributed by atoms with Crippen LogP contribution in [-0.4, -0.2) is 35.4 Å². The number of carbonyl (C=O) groups excluding carboxylic acids is 2. The maximum absolute atomic E-state index is 12.0. The number of rotatable bonds is 7. The molecule has 2 rings (SSSR count). The number of hydrogen-bond donors (Lipinski definition) is 2. The van der Waals surface area contributed by atoms with E-state index in [0.717, 1.165) is 25.8 Å². The van der Waals surface area contributed by atoms with Crippen molar-refractivity contribution >= 4 is 53.1 Å². The molecule has 3 N–H and O–H groups in total. The molecule has 2 heterocycles. The van der Waals surface area contributed by atoms with Gasteiger partial charge in [0, 0.05) is 30.4 Å². The molecule has 1 aromatic rings. The number of nitrogens with two attached hydrogens (primary N) is 1. The number of carbonyl (C=O) groups is 2. The number of nitrogens with zero attached hydrogens (tertiary/aromatic N) is 2. The second-order valence-corrected chi connectivity index (χ2v) is 6.63. The standard InChI is InChI=1S/C15H24N4O2S.2ClH/c1-3-15(16,4-2)10-17-12(20)8-11-9-22-14(18-11)19-7-5-6-13(19)21;;/h9H,3-8,10,16H2,1-2H3,(H,17,20);2*1H. The quantitative estimate of drug-likeness (QED) is 0.739. The maximum Gasteiger partial charge on any atom is 0.228 e. The lowest BCUT2D eigenvalue weighted by atomic mass is 9.94. The van der Waals surface area contributed by atoms with Crippen LogP contribution in [0, 0.1) is 0 Å². The molecular weight excluding hydrogens is 371 g/mol. The molecule has 138 valence electrons. The van der Waals surface area contributed by atoms with Gasteiger partial charge < -0.3 is 11.1 Å². The van der Waals surface area contributed by atoms with Crippen LogP contribution in [-0.2, 0) is 16.0 Å². The number of amides is 2. The van der Waals surface area contributed by atoms with Crippen molar-refractivity contribution in [2.45, 2.75) is 51.5 Å². The Labute approximate surface area is 159 Å². The fourth-order valence-electron chi connectivity index (χ4n) is 2.35. The van der Waals surface area contributed by atoms with E-state index in [1.165, 1.54) is 11.3 Å². The normalized spacial score (nSPS) is 14.1. The second kappa shape index (κ2) is 10.2. The predicted molar refractivity (Wildman–Crippen MR) is 102 cm³/mol. The average molecular weight is 397 g/mol. The Hall–Kier alpha value is -0.890. The van der Waals surface area contributed by atoms with E-state index in [0.29, 0.717) is 23.8 Å². The van der Waals surface area contributed by atoms with Gasteiger partial charge in [0.1, 0.15) is 0 Å². The highest BCUT2D eigenvalue weighted by Crippen LogP contribution is 2.25. The van der Waals surface area contributed by atoms with Crippen LogP contribution in [0.25, 0.3) is 0 Å². The first-order valence-corrected chi connectivity index (χ1v) is 8.65. The van der Waals surface area contributed by atoms with Crippen molar-refractivity contribution in [2.75, 3.05) is 18.0 Å². The lowest BCUT2D eigenvalue weighted by Gasteiger charge is -2.26. The van der Waals surface area contributed by atoms with Gasteiger partial charge in [-0.2, -0.15) is 0 Å². The number of nitrogens with one attached hydrogen (secondary N) is 1. The van der Waals surface area contributed by atoms with Crippen molar-refractivity contribution in [2.24, 2.45) is 5.73 Å². The predicted octanol–water partition coefficient (Wildman–Crippen LogP) is 2.29. The Morgan fingerprint density at radius 2 is 2.08 bits per heavy atom. The van der Waals surface area contributed by atoms with E-state index in [4.69, 9.17) is 5.73 Å². The molecule has 1 fully saturated rings. The summed E-state index contributed by atoms with van der Waals surface area (Å²) in [6.45, 7) is 5.24. The maximum atomic E-state index is 12.0. The first-order valence-electron chi connectivity index (χ1n) is 7.78. The lowest BCUT2D eigenvalue weighted by Crippen LogP contribution is -2.49. The van der Waals surface area contributed by atoms with Gasteiger partial charge in [-0.25, -0.2) is 4.98 Å². The number of thiazole rings is 1. The van der Waals surface area contributed by atoms with E-state index >= 15 is 0 Å². The zero-order chi connectivity index (χ0) is 16.2. The largest absolute Gasteiger partial charge is 0.354 e. The molecule has 1 aromatic heterocycles. The lowest BCUT2D eigenvalue weighted by molar-refractivity contribution is -0.120. The third-order valence-electron chi connectivity index (χ3n) is 4.23. The van der Waals surface area contributed by atoms with E-state index in [1.807, 2.05) is 19.2 Å². The van der Waals surface area contributed by atoms with Crippen molar-refractivity contribution in [1.82, 2.24) is 10.3 Å². The van der Waals surface area contributed by atoms with Crippen LogP contribution in [0.3, 0.4) is 0 Å². The molecule has 9 heteroatoms. The highest BCUT2D eigenvalue weighted by atomic mass is 35.5. The van der Waals surface area contributed by atoms with Gasteiger partial charge in [0.25, 0.3) is 0 Å². The van der Waals surface area contributed by atoms with Crippen molar-refractivity contribution < 1.29 is 9.59 Å². The molecule has 0 bridgehead atoms. The summed E-state index contributed by atoms with van der Waals surface area (Å²) in [5.74, 6) is 0.0329. The minimum absolute atomic E-state index is 0.